The molecule has 1 saturated heterocycles. The van der Waals surface area contributed by atoms with Gasteiger partial charge >= 0.3 is 0 Å². The van der Waals surface area contributed by atoms with E-state index >= 15 is 0 Å². The largest absolute Gasteiger partial charge is 0.370 e. The van der Waals surface area contributed by atoms with Gasteiger partial charge in [-0.15, -0.1) is 0 Å². The number of carbonyl (C=O) groups excluding carboxylic acids is 8. The van der Waals surface area contributed by atoms with E-state index in [1.54, 1.807) is 18.5 Å². The number of carbonyl (C=O) groups is 8. The average Bonchev–Trinajstić information content (AvgIpc) is 3.98. The van der Waals surface area contributed by atoms with Gasteiger partial charge < -0.3 is 65.9 Å². The number of amides is 8. The Morgan fingerprint density at radius 3 is 1.79 bits per heavy atom. The van der Waals surface area contributed by atoms with Crippen LogP contribution in [-0.4, -0.2) is 125 Å². The van der Waals surface area contributed by atoms with Gasteiger partial charge in [0.1, 0.15) is 36.3 Å². The van der Waals surface area contributed by atoms with Crippen LogP contribution >= 0.6 is 0 Å². The maximum absolute atomic E-state index is 15.0. The zero-order chi connectivity index (χ0) is 57.6. The lowest BCUT2D eigenvalue weighted by molar-refractivity contribution is -0.142. The molecule has 1 aliphatic heterocycles. The zero-order valence-corrected chi connectivity index (χ0v) is 44.4. The number of aryl methyl sites for hydroxylation is 1. The van der Waals surface area contributed by atoms with Crippen LogP contribution in [0.15, 0.2) is 132 Å². The molecule has 4 aromatic carbocycles. The van der Waals surface area contributed by atoms with Crippen LogP contribution in [0.1, 0.15) is 68.1 Å². The van der Waals surface area contributed by atoms with Crippen molar-refractivity contribution in [2.75, 3.05) is 19.6 Å². The van der Waals surface area contributed by atoms with E-state index in [1.165, 1.54) is 4.90 Å². The van der Waals surface area contributed by atoms with Gasteiger partial charge in [0.15, 0.2) is 11.9 Å². The van der Waals surface area contributed by atoms with Gasteiger partial charge in [-0.1, -0.05) is 103 Å². The van der Waals surface area contributed by atoms with Crippen LogP contribution in [0.25, 0.3) is 21.9 Å². The predicted molar refractivity (Wildman–Crippen MR) is 303 cm³/mol. The molecular formula is C57H71N15O8. The Bertz CT molecular complexity index is 3010. The number of likely N-dealkylation sites (tertiary alicyclic amines) is 1. The molecule has 8 amide bonds. The molecule has 2 heterocycles. The van der Waals surface area contributed by atoms with E-state index in [0.29, 0.717) is 18.4 Å². The van der Waals surface area contributed by atoms with E-state index in [4.69, 9.17) is 34.4 Å². The number of guanidine groups is 2. The monoisotopic (exact) mass is 1090 g/mol. The summed E-state index contributed by atoms with van der Waals surface area (Å²) in [5, 5.41) is 15.7. The molecule has 6 atom stereocenters. The van der Waals surface area contributed by atoms with Gasteiger partial charge in [0.25, 0.3) is 0 Å². The minimum atomic E-state index is -1.48. The number of aromatic nitrogens is 1. The third-order valence-electron chi connectivity index (χ3n) is 13.4. The summed E-state index contributed by atoms with van der Waals surface area (Å²) in [5.41, 5.74) is 37.1. The molecule has 1 aliphatic rings. The number of aliphatic imine (C=N–C) groups is 2. The first-order chi connectivity index (χ1) is 38.4. The molecule has 0 aliphatic carbocycles. The zero-order valence-electron chi connectivity index (χ0n) is 44.4. The molecule has 0 spiro atoms. The summed E-state index contributed by atoms with van der Waals surface area (Å²) in [4.78, 5) is 124. The van der Waals surface area contributed by atoms with Crippen LogP contribution in [0.3, 0.4) is 0 Å². The van der Waals surface area contributed by atoms with Crippen LogP contribution in [-0.2, 0) is 57.6 Å². The Labute approximate surface area is 463 Å². The molecule has 17 N–H and O–H groups in total. The Morgan fingerprint density at radius 1 is 0.575 bits per heavy atom. The second-order valence-electron chi connectivity index (χ2n) is 19.5. The van der Waals surface area contributed by atoms with Gasteiger partial charge in [-0.3, -0.25) is 53.3 Å². The Hall–Kier alpha value is -9.41. The number of fused-ring (bicyclic) bond motifs is 1. The summed E-state index contributed by atoms with van der Waals surface area (Å²) in [5.74, 6) is -6.36. The highest BCUT2D eigenvalue weighted by Crippen LogP contribution is 2.23. The molecule has 0 saturated carbocycles. The summed E-state index contributed by atoms with van der Waals surface area (Å²) < 4.78 is 0. The maximum atomic E-state index is 15.0. The lowest BCUT2D eigenvalue weighted by Gasteiger charge is -2.31. The first-order valence-corrected chi connectivity index (χ1v) is 26.4. The normalized spacial score (nSPS) is 14.7. The van der Waals surface area contributed by atoms with Crippen molar-refractivity contribution >= 4 is 69.9 Å². The van der Waals surface area contributed by atoms with Crippen molar-refractivity contribution in [2.45, 2.75) is 107 Å². The van der Waals surface area contributed by atoms with Crippen molar-refractivity contribution in [1.82, 2.24) is 36.5 Å². The molecule has 6 rings (SSSR count). The van der Waals surface area contributed by atoms with Gasteiger partial charge in [0.05, 0.1) is 6.42 Å². The van der Waals surface area contributed by atoms with Crippen LogP contribution in [0.2, 0.25) is 0 Å². The molecule has 0 bridgehead atoms. The molecule has 5 aromatic rings. The minimum absolute atomic E-state index is 0.0135. The third-order valence-corrected chi connectivity index (χ3v) is 13.4. The summed E-state index contributed by atoms with van der Waals surface area (Å²) in [6, 6.07) is 26.6. The van der Waals surface area contributed by atoms with Crippen LogP contribution < -0.4 is 61.0 Å². The van der Waals surface area contributed by atoms with Gasteiger partial charge in [-0.2, -0.15) is 0 Å². The molecule has 0 unspecified atom stereocenters. The fourth-order valence-electron chi connectivity index (χ4n) is 9.34. The molecule has 1 fully saturated rings. The SMILES string of the molecule is NC(=O)C[C@H](NC(=O)[C@H](CCCN=C(N)N)NC(=O)[C@@H]1CCCN1C(=O)[C@H](CCCN=C(N)N)NC(=O)[C@H](Cc1ccc(-c2ccccc2)cc1)NC(=O)[C@H](Cc1ccc2ccccc2c1)NC(=O)CCc1cccnc1)C(N)=O. The van der Waals surface area contributed by atoms with Crippen molar-refractivity contribution in [3.8, 4) is 11.1 Å². The number of benzene rings is 4. The predicted octanol–water partition coefficient (Wildman–Crippen LogP) is 0.203. The number of hydrogen-bond donors (Lipinski definition) is 11. The van der Waals surface area contributed by atoms with Gasteiger partial charge in [0, 0.05) is 51.3 Å². The van der Waals surface area contributed by atoms with Crippen LogP contribution in [0, 0.1) is 0 Å². The van der Waals surface area contributed by atoms with Gasteiger partial charge in [-0.05, 0) is 89.6 Å². The van der Waals surface area contributed by atoms with Crippen LogP contribution in [0.5, 0.6) is 0 Å². The average molecular weight is 1090 g/mol. The van der Waals surface area contributed by atoms with E-state index in [2.05, 4.69) is 41.6 Å². The number of nitrogens with one attached hydrogen (secondary N) is 5. The maximum Gasteiger partial charge on any atom is 0.245 e. The molecule has 0 radical (unpaired) electrons. The number of hydrogen-bond acceptors (Lipinski definition) is 11. The quantitative estimate of drug-likeness (QED) is 0.0174. The summed E-state index contributed by atoms with van der Waals surface area (Å²) in [7, 11) is 0. The number of primary amides is 2. The summed E-state index contributed by atoms with van der Waals surface area (Å²) in [6.07, 6.45) is 3.99. The molecule has 80 heavy (non-hydrogen) atoms. The highest BCUT2D eigenvalue weighted by atomic mass is 16.2. The second-order valence-corrected chi connectivity index (χ2v) is 19.5. The van der Waals surface area contributed by atoms with E-state index in [0.717, 1.165) is 33.0 Å². The number of nitrogens with two attached hydrogens (primary N) is 6. The summed E-state index contributed by atoms with van der Waals surface area (Å²) >= 11 is 0. The fraction of sp³-hybridized carbons (Fsp3) is 0.351. The number of rotatable bonds is 29. The topological polar surface area (TPSA) is 394 Å². The van der Waals surface area contributed by atoms with E-state index in [1.807, 2.05) is 103 Å². The summed E-state index contributed by atoms with van der Waals surface area (Å²) in [6.45, 7) is 0.242. The van der Waals surface area contributed by atoms with E-state index in [9.17, 15) is 38.4 Å². The molecule has 422 valence electrons. The second kappa shape index (κ2) is 29.9. The van der Waals surface area contributed by atoms with Crippen molar-refractivity contribution in [2.24, 2.45) is 44.4 Å². The van der Waals surface area contributed by atoms with Gasteiger partial charge in [0.2, 0.25) is 47.3 Å². The fourth-order valence-corrected chi connectivity index (χ4v) is 9.34. The van der Waals surface area contributed by atoms with Gasteiger partial charge in [-0.25, -0.2) is 0 Å². The third kappa shape index (κ3) is 18.7. The molecular weight excluding hydrogens is 1020 g/mol. The molecule has 23 heteroatoms. The van der Waals surface area contributed by atoms with Crippen LogP contribution in [0.4, 0.5) is 0 Å². The Kier molecular flexibility index (Phi) is 22.4. The molecule has 23 nitrogen and oxygen atoms in total. The van der Waals surface area contributed by atoms with E-state index < -0.39 is 89.9 Å². The minimum Gasteiger partial charge on any atom is -0.370 e. The number of nitrogens with zero attached hydrogens (tertiary/aromatic N) is 4. The first kappa shape index (κ1) is 59.8. The standard InChI is InChI=1S/C57H71N15O8/c58-48(73)33-44(50(59)75)70-51(76)42(15-7-27-65-56(60)61)68-54(79)47-17-9-29-72(47)55(80)43(16-8-28-66-57(62)63)69-53(78)46(31-35-18-22-40(23-19-35)38-11-2-1-3-12-38)71-52(77)45(67-49(74)25-21-36-10-6-26-64-34-36)32-37-20-24-39-13-4-5-14-41(39)30-37/h1-6,10-14,18-20,22-24,26,30,34,42-47H,7-9,15-17,21,25,27-29,31-33H2,(H2,58,73)(H2,59,75)(H,67,74)(H,68,79)(H,69,78)(H,70,76)(H,71,77)(H4,60,61,65)(H4,62,63,66)/t42-,43-,44-,45-,46-,47-/m0/s1. The molecule has 1 aromatic heterocycles. The first-order valence-electron chi connectivity index (χ1n) is 26.4. The van der Waals surface area contributed by atoms with Crippen molar-refractivity contribution in [3.05, 3.63) is 138 Å². The van der Waals surface area contributed by atoms with Crippen molar-refractivity contribution < 1.29 is 38.4 Å². The Morgan fingerprint density at radius 2 is 1.15 bits per heavy atom. The smallest absolute Gasteiger partial charge is 0.245 e. The van der Waals surface area contributed by atoms with E-state index in [-0.39, 0.29) is 82.9 Å². The lowest BCUT2D eigenvalue weighted by Crippen LogP contribution is -2.60. The lowest BCUT2D eigenvalue weighted by atomic mass is 9.98. The highest BCUT2D eigenvalue weighted by Gasteiger charge is 2.40. The number of pyridine rings is 1. The van der Waals surface area contributed by atoms with Crippen molar-refractivity contribution in [1.29, 1.82) is 0 Å². The van der Waals surface area contributed by atoms with Crippen molar-refractivity contribution in [3.63, 3.8) is 0 Å². The Balaban J connectivity index is 1.28. The highest BCUT2D eigenvalue weighted by molar-refractivity contribution is 5.98.